The summed E-state index contributed by atoms with van der Waals surface area (Å²) in [5, 5.41) is 1.08. The first-order valence-corrected chi connectivity index (χ1v) is 5.88. The number of furan rings is 1. The SMILES string of the molecule is Cc1n[c]([AlH2])c2oc3ccccc3c2n1. The topological polar surface area (TPSA) is 38.9 Å². The number of rotatable bonds is 0. The third kappa shape index (κ3) is 1.26. The van der Waals surface area contributed by atoms with Gasteiger partial charge in [0.2, 0.25) is 0 Å². The van der Waals surface area contributed by atoms with Crippen LogP contribution in [0.4, 0.5) is 0 Å². The number of nitrogens with zero attached hydrogens (tertiary/aromatic N) is 2. The van der Waals surface area contributed by atoms with Crippen LogP contribution in [0.1, 0.15) is 5.82 Å². The van der Waals surface area contributed by atoms with Crippen molar-refractivity contribution in [3.63, 3.8) is 0 Å². The maximum atomic E-state index is 5.75. The number of aromatic nitrogens is 2. The number of aryl methyl sites for hydroxylation is 1. The fourth-order valence-corrected chi connectivity index (χ4v) is 2.53. The second-order valence-electron chi connectivity index (χ2n) is 3.63. The van der Waals surface area contributed by atoms with Crippen LogP contribution in [0.15, 0.2) is 28.7 Å². The van der Waals surface area contributed by atoms with E-state index in [2.05, 4.69) is 9.97 Å². The molecule has 1 aromatic carbocycles. The molecule has 0 radical (unpaired) electrons. The molecule has 3 nitrogen and oxygen atoms in total. The summed E-state index contributed by atoms with van der Waals surface area (Å²) in [6, 6.07) is 7.97. The third-order valence-electron chi connectivity index (χ3n) is 2.50. The molecule has 4 heteroatoms. The van der Waals surface area contributed by atoms with E-state index < -0.39 is 0 Å². The molecular weight excluding hydrogens is 203 g/mol. The van der Waals surface area contributed by atoms with Crippen LogP contribution in [-0.2, 0) is 0 Å². The molecule has 0 unspecified atom stereocenters. The number of hydrogen-bond acceptors (Lipinski definition) is 3. The van der Waals surface area contributed by atoms with Gasteiger partial charge in [-0.3, -0.25) is 4.98 Å². The van der Waals surface area contributed by atoms with Gasteiger partial charge < -0.3 is 4.42 Å². The fourth-order valence-electron chi connectivity index (χ4n) is 1.87. The predicted octanol–water partition coefficient (Wildman–Crippen LogP) is 0.943. The summed E-state index contributed by atoms with van der Waals surface area (Å²) in [7, 11) is 0. The smallest absolute Gasteiger partial charge is 0.296 e. The fraction of sp³-hybridized carbons (Fsp3) is 0.0909. The second-order valence-corrected chi connectivity index (χ2v) is 4.58. The van der Waals surface area contributed by atoms with Crippen molar-refractivity contribution in [2.45, 2.75) is 6.92 Å². The standard InChI is InChI=1S/C11H7N2O.Al.2H/c1-7-12-6-10-11(13-7)8-4-2-3-5-9(8)14-10;;;/h2-5H,1H3;;;. The second kappa shape index (κ2) is 3.06. The highest BCUT2D eigenvalue weighted by atomic mass is 27.0. The van der Waals surface area contributed by atoms with Gasteiger partial charge in [0, 0.05) is 9.94 Å². The Bertz CT molecular complexity index is 660. The Labute approximate surface area is 94.6 Å². The highest BCUT2D eigenvalue weighted by Crippen LogP contribution is 2.24. The van der Waals surface area contributed by atoms with Gasteiger partial charge in [0.25, 0.3) is 16.3 Å². The van der Waals surface area contributed by atoms with Gasteiger partial charge in [-0.2, -0.15) is 0 Å². The molecule has 15 heavy (non-hydrogen) atoms. The minimum Gasteiger partial charge on any atom is -0.454 e. The molecule has 0 amide bonds. The van der Waals surface area contributed by atoms with Crippen molar-refractivity contribution < 1.29 is 4.42 Å². The van der Waals surface area contributed by atoms with E-state index in [4.69, 9.17) is 4.42 Å². The molecule has 0 saturated carbocycles. The number of benzene rings is 1. The average Bonchev–Trinajstić information content (AvgIpc) is 2.57. The van der Waals surface area contributed by atoms with Crippen molar-refractivity contribution in [2.75, 3.05) is 0 Å². The van der Waals surface area contributed by atoms with E-state index >= 15 is 0 Å². The third-order valence-corrected chi connectivity index (χ3v) is 3.18. The molecule has 2 heterocycles. The number of hydrogen-bond donors (Lipinski definition) is 0. The van der Waals surface area contributed by atoms with Crippen LogP contribution in [0.3, 0.4) is 0 Å². The van der Waals surface area contributed by atoms with Crippen LogP contribution >= 0.6 is 0 Å². The highest BCUT2D eigenvalue weighted by Gasteiger charge is 2.10. The molecule has 0 saturated heterocycles. The molecule has 3 rings (SSSR count). The monoisotopic (exact) mass is 212 g/mol. The predicted molar refractivity (Wildman–Crippen MR) is 62.2 cm³/mol. The molecule has 0 spiro atoms. The van der Waals surface area contributed by atoms with E-state index in [1.165, 1.54) is 0 Å². The van der Waals surface area contributed by atoms with Crippen molar-refractivity contribution in [1.82, 2.24) is 9.97 Å². The highest BCUT2D eigenvalue weighted by molar-refractivity contribution is 6.37. The Hall–Kier alpha value is -1.37. The summed E-state index contributed by atoms with van der Waals surface area (Å²) in [6.45, 7) is 1.92. The van der Waals surface area contributed by atoms with Gasteiger partial charge in [-0.15, -0.1) is 0 Å². The van der Waals surface area contributed by atoms with Crippen LogP contribution < -0.4 is 4.56 Å². The lowest BCUT2D eigenvalue weighted by Crippen LogP contribution is -2.11. The van der Waals surface area contributed by atoms with Crippen molar-refractivity contribution in [1.29, 1.82) is 0 Å². The minimum absolute atomic E-state index is 0.819. The molecule has 0 N–H and O–H groups in total. The van der Waals surface area contributed by atoms with Gasteiger partial charge in [0.15, 0.2) is 5.58 Å². The van der Waals surface area contributed by atoms with Crippen LogP contribution in [0.2, 0.25) is 0 Å². The first-order valence-electron chi connectivity index (χ1n) is 4.88. The van der Waals surface area contributed by atoms with Gasteiger partial charge in [-0.05, 0) is 19.1 Å². The van der Waals surface area contributed by atoms with Crippen molar-refractivity contribution >= 4 is 42.9 Å². The zero-order valence-corrected chi connectivity index (χ0v) is 10.6. The maximum Gasteiger partial charge on any atom is 0.296 e. The zero-order chi connectivity index (χ0) is 10.4. The Morgan fingerprint density at radius 2 is 2.00 bits per heavy atom. The van der Waals surface area contributed by atoms with Crippen molar-refractivity contribution in [2.24, 2.45) is 0 Å². The largest absolute Gasteiger partial charge is 0.454 e. The van der Waals surface area contributed by atoms with Gasteiger partial charge in [-0.1, -0.05) is 12.1 Å². The normalized spacial score (nSPS) is 11.3. The van der Waals surface area contributed by atoms with E-state index in [1.807, 2.05) is 31.2 Å². The maximum absolute atomic E-state index is 5.75. The lowest BCUT2D eigenvalue weighted by atomic mass is 10.2. The van der Waals surface area contributed by atoms with E-state index in [9.17, 15) is 0 Å². The Balaban J connectivity index is 2.61. The van der Waals surface area contributed by atoms with Crippen LogP contribution in [-0.4, -0.2) is 26.3 Å². The number of fused-ring (bicyclic) bond motifs is 3. The van der Waals surface area contributed by atoms with Gasteiger partial charge in [0.05, 0.1) is 0 Å². The van der Waals surface area contributed by atoms with Crippen molar-refractivity contribution in [3.05, 3.63) is 30.1 Å². The van der Waals surface area contributed by atoms with E-state index in [-0.39, 0.29) is 0 Å². The summed E-state index contributed by atoms with van der Waals surface area (Å²) >= 11 is 0.879. The molecular formula is C11H9AlN2O. The lowest BCUT2D eigenvalue weighted by Gasteiger charge is -1.95. The Kier molecular flexibility index (Phi) is 1.82. The Morgan fingerprint density at radius 3 is 2.87 bits per heavy atom. The van der Waals surface area contributed by atoms with Crippen LogP contribution in [0, 0.1) is 6.92 Å². The molecule has 0 aliphatic carbocycles. The Morgan fingerprint density at radius 1 is 1.20 bits per heavy atom. The lowest BCUT2D eigenvalue weighted by molar-refractivity contribution is 0.668. The molecule has 0 fully saturated rings. The summed E-state index contributed by atoms with van der Waals surface area (Å²) < 4.78 is 6.78. The van der Waals surface area contributed by atoms with Gasteiger partial charge in [0.1, 0.15) is 16.9 Å². The molecule has 3 aromatic rings. The van der Waals surface area contributed by atoms with E-state index in [0.717, 1.165) is 48.7 Å². The summed E-state index contributed by atoms with van der Waals surface area (Å²) in [6.07, 6.45) is 0. The summed E-state index contributed by atoms with van der Waals surface area (Å²) in [5.41, 5.74) is 2.70. The van der Waals surface area contributed by atoms with Crippen LogP contribution in [0.25, 0.3) is 22.1 Å². The molecule has 2 aromatic heterocycles. The first kappa shape index (κ1) is 8.90. The van der Waals surface area contributed by atoms with Gasteiger partial charge >= 0.3 is 0 Å². The zero-order valence-electron chi connectivity index (χ0n) is 8.61. The molecule has 0 atom stereocenters. The summed E-state index contributed by atoms with van der Waals surface area (Å²) in [5.74, 6) is 0.819. The first-order chi connectivity index (χ1) is 7.25. The van der Waals surface area contributed by atoms with E-state index in [0.29, 0.717) is 0 Å². The number of para-hydroxylation sites is 1. The molecule has 72 valence electrons. The van der Waals surface area contributed by atoms with Crippen LogP contribution in [0.5, 0.6) is 0 Å². The minimum atomic E-state index is 0.819. The van der Waals surface area contributed by atoms with Gasteiger partial charge in [-0.25, -0.2) is 4.98 Å². The summed E-state index contributed by atoms with van der Waals surface area (Å²) in [4.78, 5) is 8.80. The molecule has 0 aliphatic heterocycles. The molecule has 0 bridgehead atoms. The quantitative estimate of drug-likeness (QED) is 0.521. The van der Waals surface area contributed by atoms with Crippen molar-refractivity contribution in [3.8, 4) is 0 Å². The van der Waals surface area contributed by atoms with E-state index in [1.54, 1.807) is 0 Å². The molecule has 0 aliphatic rings. The average molecular weight is 212 g/mol.